The van der Waals surface area contributed by atoms with Gasteiger partial charge in [0.15, 0.2) is 0 Å². The van der Waals surface area contributed by atoms with Crippen LogP contribution in [-0.4, -0.2) is 37.7 Å². The van der Waals surface area contributed by atoms with E-state index in [-0.39, 0.29) is 276 Å². The van der Waals surface area contributed by atoms with Gasteiger partial charge < -0.3 is 2.85 Å². The van der Waals surface area contributed by atoms with Crippen molar-refractivity contribution in [1.29, 1.82) is 0 Å². The molecule has 0 atom stereocenters. The van der Waals surface area contributed by atoms with Crippen LogP contribution in [0.1, 0.15) is 2.85 Å². The molecule has 0 heterocycles. The summed E-state index contributed by atoms with van der Waals surface area (Å²) in [6, 6.07) is 0. The maximum Gasteiger partial charge on any atom is 2.00 e. The molecule has 0 saturated carbocycles. The van der Waals surface area contributed by atoms with Crippen molar-refractivity contribution in [2.45, 2.75) is 0 Å². The minimum Gasteiger partial charge on any atom is -1.00 e. The van der Waals surface area contributed by atoms with E-state index in [9.17, 15) is 0 Å². The first-order chi connectivity index (χ1) is 0. The Morgan fingerprint density at radius 3 is 0.150 bits per heavy atom. The monoisotopic (exact) mass is 726 g/mol. The summed E-state index contributed by atoms with van der Waals surface area (Å²) in [6.45, 7) is 0. The van der Waals surface area contributed by atoms with Crippen molar-refractivity contribution in [2.75, 3.05) is 0 Å². The van der Waals surface area contributed by atoms with E-state index in [2.05, 4.69) is 0 Å². The fourth-order valence-corrected chi connectivity index (χ4v) is 0. The zero-order valence-electron chi connectivity index (χ0n) is 10.5. The molecule has 0 fully saturated rings. The number of rotatable bonds is 0. The van der Waals surface area contributed by atoms with E-state index in [0.29, 0.717) is 0 Å². The summed E-state index contributed by atoms with van der Waals surface area (Å²) in [6.07, 6.45) is 0. The van der Waals surface area contributed by atoms with Gasteiger partial charge in [-0.05, 0) is 0 Å². The minimum atomic E-state index is 0. The van der Waals surface area contributed by atoms with Gasteiger partial charge >= 0.3 is 37.7 Å². The molecule has 0 aromatic carbocycles. The van der Waals surface area contributed by atoms with Crippen molar-refractivity contribution in [3.05, 3.63) is 0 Å². The van der Waals surface area contributed by atoms with E-state index >= 15 is 0 Å². The Balaban J connectivity index is 0. The van der Waals surface area contributed by atoms with E-state index in [1.807, 2.05) is 0 Å². The predicted molar refractivity (Wildman–Crippen MR) is 146 cm³/mol. The van der Waals surface area contributed by atoms with Crippen LogP contribution in [0, 0.1) is 0 Å². The molecular weight excluding hydrogens is 714 g/mol. The smallest absolute Gasteiger partial charge is 1.00 e. The van der Waals surface area contributed by atoms with Gasteiger partial charge in [0, 0.05) is 0 Å². The van der Waals surface area contributed by atoms with Crippen LogP contribution in [0.2, 0.25) is 0 Å². The van der Waals surface area contributed by atoms with Crippen molar-refractivity contribution in [3.8, 4) is 0 Å². The summed E-state index contributed by atoms with van der Waals surface area (Å²) < 4.78 is 0. The first-order valence-corrected chi connectivity index (χ1v) is 0. The summed E-state index contributed by atoms with van der Waals surface area (Å²) in [5, 5.41) is 0. The Labute approximate surface area is 271 Å². The molecular formula is H21CaCl19. The first kappa shape index (κ1) is 388. The fraction of sp³-hybridized carbons (Fsp3) is 0. The van der Waals surface area contributed by atoms with E-state index in [4.69, 9.17) is 0 Å². The molecule has 0 aliphatic carbocycles. The zero-order chi connectivity index (χ0) is 0. The van der Waals surface area contributed by atoms with Crippen LogP contribution < -0.4 is 0 Å². The standard InChI is InChI=1S/Ca.19ClH.2H/h;19*1H;;/q+2;;;;;;;;;;;;;;;;;;;;2*-1. The second-order valence-corrected chi connectivity index (χ2v) is 0. The largest absolute Gasteiger partial charge is 2.00 e. The van der Waals surface area contributed by atoms with E-state index < -0.39 is 0 Å². The Morgan fingerprint density at radius 1 is 0.150 bits per heavy atom. The van der Waals surface area contributed by atoms with E-state index in [1.165, 1.54) is 0 Å². The minimum absolute atomic E-state index is 0. The van der Waals surface area contributed by atoms with Gasteiger partial charge in [0.1, 0.15) is 0 Å². The second kappa shape index (κ2) is 345. The number of halogens is 19. The molecule has 0 nitrogen and oxygen atoms in total. The molecule has 0 spiro atoms. The second-order valence-electron chi connectivity index (χ2n) is 0. The maximum absolute atomic E-state index is 0. The zero-order valence-corrected chi connectivity index (χ0v) is 26.2. The predicted octanol–water partition coefficient (Wildman–Crippen LogP) is 7.86. The molecule has 20 heavy (non-hydrogen) atoms. The molecule has 0 unspecified atom stereocenters. The Kier molecular flexibility index (Phi) is 6690. The van der Waals surface area contributed by atoms with Gasteiger partial charge in [-0.15, -0.1) is 236 Å². The van der Waals surface area contributed by atoms with Crippen LogP contribution in [0.3, 0.4) is 0 Å². The first-order valence-electron chi connectivity index (χ1n) is 0. The Morgan fingerprint density at radius 2 is 0.150 bits per heavy atom. The molecule has 0 rings (SSSR count). The number of hydrogen-bond donors (Lipinski definition) is 0. The maximum atomic E-state index is 0. The molecule has 0 amide bonds. The van der Waals surface area contributed by atoms with Gasteiger partial charge in [-0.2, -0.15) is 0 Å². The number of hydrogen-bond acceptors (Lipinski definition) is 0. The Bertz CT molecular complexity index is 15.4. The SMILES string of the molecule is Cl.Cl.Cl.Cl.Cl.Cl.Cl.Cl.Cl.Cl.Cl.Cl.Cl.Cl.Cl.Cl.Cl.Cl.Cl.[Ca+2].[H-].[H-]. The quantitative estimate of drug-likeness (QED) is 0.223. The average molecular weight is 735 g/mol. The van der Waals surface area contributed by atoms with E-state index in [1.54, 1.807) is 0 Å². The molecule has 20 heteroatoms. The van der Waals surface area contributed by atoms with Crippen LogP contribution in [0.4, 0.5) is 0 Å². The molecule has 0 aromatic rings. The average Bonchev–Trinajstić information content (AvgIpc) is 0. The van der Waals surface area contributed by atoms with Gasteiger partial charge in [-0.25, -0.2) is 0 Å². The van der Waals surface area contributed by atoms with Crippen molar-refractivity contribution < 1.29 is 2.85 Å². The molecule has 0 aromatic heterocycles. The van der Waals surface area contributed by atoms with Gasteiger partial charge in [-0.3, -0.25) is 0 Å². The summed E-state index contributed by atoms with van der Waals surface area (Å²) in [7, 11) is 0. The molecule has 0 saturated heterocycles. The van der Waals surface area contributed by atoms with Crippen LogP contribution in [0.15, 0.2) is 0 Å². The van der Waals surface area contributed by atoms with Crippen molar-refractivity contribution in [2.24, 2.45) is 0 Å². The van der Waals surface area contributed by atoms with Crippen LogP contribution in [0.5, 0.6) is 0 Å². The van der Waals surface area contributed by atoms with Crippen molar-refractivity contribution >= 4 is 273 Å². The molecule has 0 radical (unpaired) electrons. The van der Waals surface area contributed by atoms with Crippen LogP contribution in [0.25, 0.3) is 0 Å². The van der Waals surface area contributed by atoms with E-state index in [0.717, 1.165) is 0 Å². The molecule has 0 bridgehead atoms. The fourth-order valence-electron chi connectivity index (χ4n) is 0. The molecule has 0 N–H and O–H groups in total. The summed E-state index contributed by atoms with van der Waals surface area (Å²) >= 11 is 0. The van der Waals surface area contributed by atoms with Gasteiger partial charge in [0.25, 0.3) is 0 Å². The third-order valence-corrected chi connectivity index (χ3v) is 0. The summed E-state index contributed by atoms with van der Waals surface area (Å²) in [5.41, 5.74) is 0. The molecule has 0 aliphatic rings. The molecule has 156 valence electrons. The van der Waals surface area contributed by atoms with Crippen LogP contribution in [-0.2, 0) is 0 Å². The van der Waals surface area contributed by atoms with Gasteiger partial charge in [-0.1, -0.05) is 0 Å². The molecule has 0 aliphatic heterocycles. The van der Waals surface area contributed by atoms with Crippen molar-refractivity contribution in [1.82, 2.24) is 0 Å². The Hall–Kier alpha value is 6.77. The summed E-state index contributed by atoms with van der Waals surface area (Å²) in [5.74, 6) is 0. The van der Waals surface area contributed by atoms with Crippen molar-refractivity contribution in [3.63, 3.8) is 0 Å². The normalized spacial score (nSPS) is 0. The topological polar surface area (TPSA) is 0 Å². The van der Waals surface area contributed by atoms with Gasteiger partial charge in [0.05, 0.1) is 0 Å². The summed E-state index contributed by atoms with van der Waals surface area (Å²) in [4.78, 5) is 0. The van der Waals surface area contributed by atoms with Gasteiger partial charge in [0.2, 0.25) is 0 Å². The third-order valence-electron chi connectivity index (χ3n) is 0. The third kappa shape index (κ3) is 305. The van der Waals surface area contributed by atoms with Crippen LogP contribution >= 0.6 is 236 Å².